The van der Waals surface area contributed by atoms with Crippen molar-refractivity contribution >= 4 is 21.9 Å². The summed E-state index contributed by atoms with van der Waals surface area (Å²) in [5.41, 5.74) is 0. The first-order chi connectivity index (χ1) is 18.4. The molecule has 4 unspecified atom stereocenters. The molecule has 13 heteroatoms. The van der Waals surface area contributed by atoms with E-state index in [1.807, 2.05) is 0 Å². The molecule has 4 heterocycles. The van der Waals surface area contributed by atoms with Crippen molar-refractivity contribution in [2.45, 2.75) is 69.4 Å². The molecule has 5 rings (SSSR count). The predicted octanol–water partition coefficient (Wildman–Crippen LogP) is -0.802. The molecule has 4 fully saturated rings. The van der Waals surface area contributed by atoms with Gasteiger partial charge in [0.05, 0.1) is 11.4 Å². The molecular formula is C25H45N9O3S. The summed E-state index contributed by atoms with van der Waals surface area (Å²) in [4.78, 5) is 16.5. The maximum atomic E-state index is 13.0. The van der Waals surface area contributed by atoms with Crippen LogP contribution in [0.25, 0.3) is 0 Å². The first-order valence-corrected chi connectivity index (χ1v) is 15.8. The Balaban J connectivity index is 1.10. The third kappa shape index (κ3) is 6.68. The van der Waals surface area contributed by atoms with Crippen LogP contribution in [0.5, 0.6) is 0 Å². The molecule has 38 heavy (non-hydrogen) atoms. The van der Waals surface area contributed by atoms with Gasteiger partial charge in [0.2, 0.25) is 10.0 Å². The summed E-state index contributed by atoms with van der Waals surface area (Å²) in [6.07, 6.45) is 9.33. The molecule has 5 aliphatic rings. The lowest BCUT2D eigenvalue weighted by Gasteiger charge is -2.43. The van der Waals surface area contributed by atoms with Crippen LogP contribution in [0.4, 0.5) is 4.79 Å². The highest BCUT2D eigenvalue weighted by Gasteiger charge is 2.36. The van der Waals surface area contributed by atoms with Crippen molar-refractivity contribution in [2.24, 2.45) is 16.8 Å². The standard InChI is InChI=1S/C25H45N9O3S/c1-26-25(35)31-19-4-2-17(3-5-19)22-14-18(6-8-28-22)21-7-9-29-24(32-21)33-23-15-20(16-30-23)38(36,37)34-12-10-27-11-13-34/h15,17-19,21-22,24,27-29,32H,2-14,16H2,1H3,(H,30,33)(H2,26,31,35). The average molecular weight is 552 g/mol. The summed E-state index contributed by atoms with van der Waals surface area (Å²) in [5, 5.41) is 23.3. The minimum atomic E-state index is -3.46. The van der Waals surface area contributed by atoms with Gasteiger partial charge in [-0.15, -0.1) is 0 Å². The lowest BCUT2D eigenvalue weighted by molar-refractivity contribution is 0.137. The van der Waals surface area contributed by atoms with Crippen molar-refractivity contribution in [1.82, 2.24) is 41.5 Å². The van der Waals surface area contributed by atoms with Gasteiger partial charge >= 0.3 is 6.03 Å². The minimum absolute atomic E-state index is 0.0825. The summed E-state index contributed by atoms with van der Waals surface area (Å²) >= 11 is 0. The van der Waals surface area contributed by atoms with Crippen molar-refractivity contribution < 1.29 is 13.2 Å². The molecule has 4 atom stereocenters. The van der Waals surface area contributed by atoms with Crippen molar-refractivity contribution in [3.05, 3.63) is 11.0 Å². The number of piperazine rings is 1. The SMILES string of the molecule is CNC(=O)NC1CCC(C2CC(C3CCNC(NC4=NCC(S(=O)(=O)N5CCNCC5)=C4)N3)CCN2)CC1. The van der Waals surface area contributed by atoms with E-state index in [9.17, 15) is 13.2 Å². The van der Waals surface area contributed by atoms with E-state index in [-0.39, 0.29) is 24.9 Å². The lowest BCUT2D eigenvalue weighted by atomic mass is 9.75. The highest BCUT2D eigenvalue weighted by molar-refractivity contribution is 7.93. The van der Waals surface area contributed by atoms with Crippen molar-refractivity contribution in [1.29, 1.82) is 0 Å². The minimum Gasteiger partial charge on any atom is -0.343 e. The van der Waals surface area contributed by atoms with Gasteiger partial charge < -0.3 is 26.6 Å². The number of nitrogens with zero attached hydrogens (tertiary/aromatic N) is 2. The number of amides is 2. The zero-order valence-corrected chi connectivity index (χ0v) is 23.3. The highest BCUT2D eigenvalue weighted by atomic mass is 32.2. The molecule has 4 aliphatic heterocycles. The molecule has 0 radical (unpaired) electrons. The first-order valence-electron chi connectivity index (χ1n) is 14.4. The summed E-state index contributed by atoms with van der Waals surface area (Å²) in [6.45, 7) is 4.51. The summed E-state index contributed by atoms with van der Waals surface area (Å²) in [7, 11) is -1.80. The van der Waals surface area contributed by atoms with E-state index >= 15 is 0 Å². The Morgan fingerprint density at radius 3 is 2.50 bits per heavy atom. The third-order valence-electron chi connectivity index (χ3n) is 8.88. The van der Waals surface area contributed by atoms with Gasteiger partial charge in [-0.3, -0.25) is 15.6 Å². The van der Waals surface area contributed by atoms with Crippen molar-refractivity contribution in [2.75, 3.05) is 52.9 Å². The van der Waals surface area contributed by atoms with Gasteiger partial charge in [-0.2, -0.15) is 4.31 Å². The molecule has 0 aromatic rings. The van der Waals surface area contributed by atoms with Crippen LogP contribution in [0, 0.1) is 11.8 Å². The van der Waals surface area contributed by atoms with Crippen LogP contribution in [0.2, 0.25) is 0 Å². The summed E-state index contributed by atoms with van der Waals surface area (Å²) < 4.78 is 27.5. The Kier molecular flexibility index (Phi) is 9.21. The monoisotopic (exact) mass is 551 g/mol. The topological polar surface area (TPSA) is 151 Å². The molecule has 1 saturated carbocycles. The van der Waals surface area contributed by atoms with Crippen LogP contribution in [0.15, 0.2) is 16.0 Å². The van der Waals surface area contributed by atoms with Crippen LogP contribution in [-0.2, 0) is 10.0 Å². The van der Waals surface area contributed by atoms with E-state index in [4.69, 9.17) is 0 Å². The molecule has 0 aromatic carbocycles. The van der Waals surface area contributed by atoms with Gasteiger partial charge in [0, 0.05) is 51.4 Å². The third-order valence-corrected chi connectivity index (χ3v) is 10.8. The number of urea groups is 1. The van der Waals surface area contributed by atoms with Gasteiger partial charge in [0.15, 0.2) is 0 Å². The van der Waals surface area contributed by atoms with Crippen LogP contribution in [0.3, 0.4) is 0 Å². The molecule has 2 amide bonds. The van der Waals surface area contributed by atoms with Crippen molar-refractivity contribution in [3.63, 3.8) is 0 Å². The molecule has 7 N–H and O–H groups in total. The lowest BCUT2D eigenvalue weighted by Crippen LogP contribution is -2.64. The highest BCUT2D eigenvalue weighted by Crippen LogP contribution is 2.33. The van der Waals surface area contributed by atoms with E-state index < -0.39 is 10.0 Å². The average Bonchev–Trinajstić information content (AvgIpc) is 3.43. The second kappa shape index (κ2) is 12.6. The maximum Gasteiger partial charge on any atom is 0.314 e. The smallest absolute Gasteiger partial charge is 0.314 e. The molecule has 0 aromatic heterocycles. The zero-order valence-electron chi connectivity index (χ0n) is 22.5. The fourth-order valence-electron chi connectivity index (χ4n) is 6.68. The van der Waals surface area contributed by atoms with Crippen LogP contribution < -0.4 is 37.2 Å². The maximum absolute atomic E-state index is 13.0. The number of aliphatic imine (C=N–C) groups is 1. The van der Waals surface area contributed by atoms with Gasteiger partial charge in [-0.1, -0.05) is 0 Å². The van der Waals surface area contributed by atoms with E-state index in [1.54, 1.807) is 17.4 Å². The molecule has 0 spiro atoms. The molecule has 1 aliphatic carbocycles. The largest absolute Gasteiger partial charge is 0.343 e. The van der Waals surface area contributed by atoms with E-state index in [1.165, 1.54) is 0 Å². The van der Waals surface area contributed by atoms with E-state index in [0.717, 1.165) is 58.0 Å². The Hall–Kier alpha value is -1.77. The molecule has 214 valence electrons. The quantitative estimate of drug-likeness (QED) is 0.227. The van der Waals surface area contributed by atoms with Crippen LogP contribution in [0.1, 0.15) is 44.9 Å². The summed E-state index contributed by atoms with van der Waals surface area (Å²) in [6, 6.07) is 1.13. The Morgan fingerprint density at radius 1 is 0.974 bits per heavy atom. The van der Waals surface area contributed by atoms with Gasteiger partial charge in [0.1, 0.15) is 12.1 Å². The van der Waals surface area contributed by atoms with Crippen molar-refractivity contribution in [3.8, 4) is 0 Å². The molecule has 3 saturated heterocycles. The van der Waals surface area contributed by atoms with Gasteiger partial charge in [0.25, 0.3) is 0 Å². The van der Waals surface area contributed by atoms with Gasteiger partial charge in [-0.25, -0.2) is 13.2 Å². The Labute approximate surface area is 226 Å². The number of carbonyl (C=O) groups is 1. The number of sulfonamides is 1. The van der Waals surface area contributed by atoms with Gasteiger partial charge in [-0.05, 0) is 75.9 Å². The number of amidine groups is 1. The van der Waals surface area contributed by atoms with Crippen LogP contribution in [-0.4, -0.2) is 102 Å². The van der Waals surface area contributed by atoms with E-state index in [2.05, 4.69) is 42.2 Å². The second-order valence-corrected chi connectivity index (χ2v) is 13.2. The zero-order chi connectivity index (χ0) is 26.5. The second-order valence-electron chi connectivity index (χ2n) is 11.2. The number of carbonyl (C=O) groups excluding carboxylic acids is 1. The number of piperidine rings is 1. The number of hydrogen-bond donors (Lipinski definition) is 7. The van der Waals surface area contributed by atoms with Crippen LogP contribution >= 0.6 is 0 Å². The number of hydrogen-bond acceptors (Lipinski definition) is 9. The number of rotatable bonds is 6. The fraction of sp³-hybridized carbons (Fsp3) is 0.840. The normalized spacial score (nSPS) is 35.2. The fourth-order valence-corrected chi connectivity index (χ4v) is 8.17. The molecule has 0 bridgehead atoms. The number of nitrogens with one attached hydrogen (secondary N) is 7. The first kappa shape index (κ1) is 27.8. The molecular weight excluding hydrogens is 506 g/mol. The summed E-state index contributed by atoms with van der Waals surface area (Å²) in [5.74, 6) is 1.87. The predicted molar refractivity (Wildman–Crippen MR) is 148 cm³/mol. The Bertz CT molecular complexity index is 990. The Morgan fingerprint density at radius 2 is 1.74 bits per heavy atom. The van der Waals surface area contributed by atoms with E-state index in [0.29, 0.717) is 60.8 Å². The molecule has 12 nitrogen and oxygen atoms in total.